The van der Waals surface area contributed by atoms with E-state index >= 15 is 0 Å². The average Bonchev–Trinajstić information content (AvgIpc) is 2.66. The van der Waals surface area contributed by atoms with E-state index in [9.17, 15) is 9.59 Å². The first-order valence-corrected chi connectivity index (χ1v) is 8.52. The highest BCUT2D eigenvalue weighted by Crippen LogP contribution is 2.19. The van der Waals surface area contributed by atoms with Crippen LogP contribution in [0.2, 0.25) is 0 Å². The second-order valence-electron chi connectivity index (χ2n) is 5.59. The van der Waals surface area contributed by atoms with Crippen molar-refractivity contribution in [2.45, 2.75) is 26.5 Å². The molecule has 0 heterocycles. The zero-order valence-electron chi connectivity index (χ0n) is 15.0. The Bertz CT molecular complexity index is 756. The van der Waals surface area contributed by atoms with Crippen molar-refractivity contribution in [3.8, 4) is 5.75 Å². The molecule has 0 radical (unpaired) electrons. The van der Waals surface area contributed by atoms with E-state index in [2.05, 4.69) is 5.32 Å². The Morgan fingerprint density at radius 3 is 2.50 bits per heavy atom. The minimum atomic E-state index is -0.877. The summed E-state index contributed by atoms with van der Waals surface area (Å²) in [5.74, 6) is -0.239. The Kier molecular flexibility index (Phi) is 7.43. The number of carbonyl (C=O) groups excluding carboxylic acids is 2. The molecule has 1 unspecified atom stereocenters. The van der Waals surface area contributed by atoms with Crippen molar-refractivity contribution in [2.75, 3.05) is 6.61 Å². The van der Waals surface area contributed by atoms with Crippen molar-refractivity contribution in [2.24, 2.45) is 0 Å². The molecular formula is C21H23NO4. The molecule has 0 bridgehead atoms. The molecule has 5 heteroatoms. The summed E-state index contributed by atoms with van der Waals surface area (Å²) >= 11 is 0. The number of benzene rings is 2. The summed E-state index contributed by atoms with van der Waals surface area (Å²) in [4.78, 5) is 24.0. The third-order valence-electron chi connectivity index (χ3n) is 3.59. The van der Waals surface area contributed by atoms with Crippen molar-refractivity contribution in [3.63, 3.8) is 0 Å². The standard InChI is InChI=1S/C21H23NO4/c1-3-25-19-12-8-7-11-18(19)13-14-20(23)26-16(2)21(24)22-15-17-9-5-4-6-10-17/h4-14,16H,3,15H2,1-2H3,(H,22,24)/b14-13+. The van der Waals surface area contributed by atoms with Gasteiger partial charge < -0.3 is 14.8 Å². The number of carbonyl (C=O) groups is 2. The molecule has 2 aromatic rings. The Balaban J connectivity index is 1.85. The number of ether oxygens (including phenoxy) is 2. The van der Waals surface area contributed by atoms with Gasteiger partial charge in [0.1, 0.15) is 5.75 Å². The summed E-state index contributed by atoms with van der Waals surface area (Å²) in [6, 6.07) is 16.9. The van der Waals surface area contributed by atoms with E-state index in [4.69, 9.17) is 9.47 Å². The molecule has 1 N–H and O–H groups in total. The third kappa shape index (κ3) is 6.09. The second-order valence-corrected chi connectivity index (χ2v) is 5.59. The summed E-state index contributed by atoms with van der Waals surface area (Å²) in [6.07, 6.45) is 2.03. The van der Waals surface area contributed by atoms with Gasteiger partial charge in [0.15, 0.2) is 6.10 Å². The van der Waals surface area contributed by atoms with E-state index in [1.54, 1.807) is 13.0 Å². The SMILES string of the molecule is CCOc1ccccc1/C=C/C(=O)OC(C)C(=O)NCc1ccccc1. The fraction of sp³-hybridized carbons (Fsp3) is 0.238. The van der Waals surface area contributed by atoms with Crippen molar-refractivity contribution in [1.29, 1.82) is 0 Å². The monoisotopic (exact) mass is 353 g/mol. The molecule has 26 heavy (non-hydrogen) atoms. The normalized spacial score (nSPS) is 11.8. The van der Waals surface area contributed by atoms with E-state index in [1.807, 2.05) is 61.5 Å². The van der Waals surface area contributed by atoms with Crippen LogP contribution in [0.3, 0.4) is 0 Å². The fourth-order valence-corrected chi connectivity index (χ4v) is 2.26. The minimum Gasteiger partial charge on any atom is -0.493 e. The van der Waals surface area contributed by atoms with Gasteiger partial charge in [-0.25, -0.2) is 4.79 Å². The van der Waals surface area contributed by atoms with Gasteiger partial charge in [0.25, 0.3) is 5.91 Å². The number of nitrogens with one attached hydrogen (secondary N) is 1. The maximum Gasteiger partial charge on any atom is 0.331 e. The number of para-hydroxylation sites is 1. The lowest BCUT2D eigenvalue weighted by molar-refractivity contribution is -0.150. The molecule has 0 aliphatic rings. The predicted octanol–water partition coefficient (Wildman–Crippen LogP) is 3.35. The molecule has 0 aliphatic carbocycles. The molecule has 1 amide bonds. The van der Waals surface area contributed by atoms with Gasteiger partial charge in [-0.1, -0.05) is 48.5 Å². The van der Waals surface area contributed by atoms with Crippen LogP contribution >= 0.6 is 0 Å². The molecule has 0 spiro atoms. The fourth-order valence-electron chi connectivity index (χ4n) is 2.26. The van der Waals surface area contributed by atoms with E-state index in [0.29, 0.717) is 18.9 Å². The number of amides is 1. The Labute approximate surface area is 153 Å². The first-order valence-electron chi connectivity index (χ1n) is 8.52. The van der Waals surface area contributed by atoms with Gasteiger partial charge in [-0.15, -0.1) is 0 Å². The van der Waals surface area contributed by atoms with Gasteiger partial charge in [0, 0.05) is 18.2 Å². The van der Waals surface area contributed by atoms with Crippen LogP contribution in [0.15, 0.2) is 60.7 Å². The maximum absolute atomic E-state index is 12.0. The van der Waals surface area contributed by atoms with Crippen LogP contribution in [0.4, 0.5) is 0 Å². The smallest absolute Gasteiger partial charge is 0.331 e. The van der Waals surface area contributed by atoms with Crippen LogP contribution in [0.1, 0.15) is 25.0 Å². The number of hydrogen-bond donors (Lipinski definition) is 1. The summed E-state index contributed by atoms with van der Waals surface area (Å²) in [5.41, 5.74) is 1.75. The summed E-state index contributed by atoms with van der Waals surface area (Å²) < 4.78 is 10.6. The van der Waals surface area contributed by atoms with E-state index in [-0.39, 0.29) is 5.91 Å². The van der Waals surface area contributed by atoms with Crippen molar-refractivity contribution < 1.29 is 19.1 Å². The molecule has 0 aliphatic heterocycles. The Morgan fingerprint density at radius 2 is 1.77 bits per heavy atom. The van der Waals surface area contributed by atoms with Crippen LogP contribution < -0.4 is 10.1 Å². The van der Waals surface area contributed by atoms with Crippen LogP contribution in [0.25, 0.3) is 6.08 Å². The van der Waals surface area contributed by atoms with Crippen molar-refractivity contribution >= 4 is 18.0 Å². The summed E-state index contributed by atoms with van der Waals surface area (Å²) in [5, 5.41) is 2.74. The zero-order chi connectivity index (χ0) is 18.8. The van der Waals surface area contributed by atoms with Gasteiger partial charge in [-0.05, 0) is 31.6 Å². The molecule has 136 valence electrons. The number of rotatable bonds is 8. The zero-order valence-corrected chi connectivity index (χ0v) is 15.0. The Morgan fingerprint density at radius 1 is 1.08 bits per heavy atom. The van der Waals surface area contributed by atoms with Gasteiger partial charge in [-0.2, -0.15) is 0 Å². The van der Waals surface area contributed by atoms with E-state index in [0.717, 1.165) is 11.1 Å². The molecule has 0 saturated carbocycles. The molecule has 5 nitrogen and oxygen atoms in total. The largest absolute Gasteiger partial charge is 0.493 e. The highest BCUT2D eigenvalue weighted by Gasteiger charge is 2.16. The topological polar surface area (TPSA) is 64.6 Å². The lowest BCUT2D eigenvalue weighted by Gasteiger charge is -2.12. The number of hydrogen-bond acceptors (Lipinski definition) is 4. The number of esters is 1. The van der Waals surface area contributed by atoms with Crippen LogP contribution in [-0.2, 0) is 20.9 Å². The lowest BCUT2D eigenvalue weighted by atomic mass is 10.2. The van der Waals surface area contributed by atoms with Gasteiger partial charge in [0.2, 0.25) is 0 Å². The maximum atomic E-state index is 12.0. The molecule has 0 saturated heterocycles. The van der Waals surface area contributed by atoms with Gasteiger partial charge in [0.05, 0.1) is 6.61 Å². The van der Waals surface area contributed by atoms with Crippen LogP contribution in [0, 0.1) is 0 Å². The second kappa shape index (κ2) is 10.0. The predicted molar refractivity (Wildman–Crippen MR) is 100 cm³/mol. The third-order valence-corrected chi connectivity index (χ3v) is 3.59. The van der Waals surface area contributed by atoms with E-state index in [1.165, 1.54) is 6.08 Å². The molecule has 0 fully saturated rings. The first kappa shape index (κ1) is 19.2. The van der Waals surface area contributed by atoms with Crippen LogP contribution in [-0.4, -0.2) is 24.6 Å². The minimum absolute atomic E-state index is 0.342. The molecule has 1 atom stereocenters. The Hall–Kier alpha value is -3.08. The molecule has 0 aromatic heterocycles. The quantitative estimate of drug-likeness (QED) is 0.584. The van der Waals surface area contributed by atoms with E-state index < -0.39 is 12.1 Å². The summed E-state index contributed by atoms with van der Waals surface area (Å²) in [6.45, 7) is 4.36. The van der Waals surface area contributed by atoms with Crippen molar-refractivity contribution in [1.82, 2.24) is 5.32 Å². The highest BCUT2D eigenvalue weighted by molar-refractivity contribution is 5.90. The summed E-state index contributed by atoms with van der Waals surface area (Å²) in [7, 11) is 0. The van der Waals surface area contributed by atoms with Gasteiger partial charge >= 0.3 is 5.97 Å². The first-order chi connectivity index (χ1) is 12.6. The highest BCUT2D eigenvalue weighted by atomic mass is 16.5. The lowest BCUT2D eigenvalue weighted by Crippen LogP contribution is -2.35. The molecule has 2 rings (SSSR count). The van der Waals surface area contributed by atoms with Gasteiger partial charge in [-0.3, -0.25) is 4.79 Å². The van der Waals surface area contributed by atoms with Crippen LogP contribution in [0.5, 0.6) is 5.75 Å². The molecule has 2 aromatic carbocycles. The molecular weight excluding hydrogens is 330 g/mol. The average molecular weight is 353 g/mol. The van der Waals surface area contributed by atoms with Crippen molar-refractivity contribution in [3.05, 3.63) is 71.8 Å².